The molecule has 1 aliphatic rings. The van der Waals surface area contributed by atoms with Crippen molar-refractivity contribution in [2.24, 2.45) is 0 Å². The molecule has 0 N–H and O–H groups in total. The number of rotatable bonds is 3. The van der Waals surface area contributed by atoms with Crippen LogP contribution in [0.15, 0.2) is 18.2 Å². The molecule has 102 valence electrons. The Kier molecular flexibility index (Phi) is 3.34. The predicted molar refractivity (Wildman–Crippen MR) is 63.2 cm³/mol. The molecule has 0 saturated carbocycles. The third kappa shape index (κ3) is 2.77. The molecule has 0 radical (unpaired) electrons. The lowest BCUT2D eigenvalue weighted by Gasteiger charge is -2.17. The van der Waals surface area contributed by atoms with Crippen LogP contribution in [0.25, 0.3) is 0 Å². The summed E-state index contributed by atoms with van der Waals surface area (Å²) in [6.07, 6.45) is -5.43. The fourth-order valence-electron chi connectivity index (χ4n) is 2.07. The molecule has 0 aliphatic carbocycles. The number of Topliss-reactive ketones (excluding diaryl/α,β-unsaturated/α-hetero) is 1. The summed E-state index contributed by atoms with van der Waals surface area (Å²) in [5, 5.41) is 0. The number of ketones is 1. The third-order valence-corrected chi connectivity index (χ3v) is 2.97. The van der Waals surface area contributed by atoms with E-state index in [2.05, 4.69) is 0 Å². The highest BCUT2D eigenvalue weighted by Crippen LogP contribution is 2.30. The summed E-state index contributed by atoms with van der Waals surface area (Å²) in [6, 6.07) is 4.90. The fourth-order valence-corrected chi connectivity index (χ4v) is 2.07. The number of hydrogen-bond donors (Lipinski definition) is 0. The molecule has 0 unspecified atom stereocenters. The standard InChI is InChI=1S/C13H12F3NO2/c1-8-3-4-10-9(7-8)11(18)12(19)17(10)6-2-5-13(14,15)16/h3-4,7H,2,5-6H2,1H3. The Morgan fingerprint density at radius 1 is 1.21 bits per heavy atom. The Balaban J connectivity index is 2.15. The highest BCUT2D eigenvalue weighted by Gasteiger charge is 2.36. The van der Waals surface area contributed by atoms with Crippen LogP contribution < -0.4 is 4.90 Å². The van der Waals surface area contributed by atoms with Gasteiger partial charge in [0.2, 0.25) is 0 Å². The molecule has 0 bridgehead atoms. The lowest BCUT2D eigenvalue weighted by Crippen LogP contribution is -2.31. The van der Waals surface area contributed by atoms with Gasteiger partial charge in [-0.3, -0.25) is 9.59 Å². The van der Waals surface area contributed by atoms with Gasteiger partial charge in [0.05, 0.1) is 11.3 Å². The zero-order valence-corrected chi connectivity index (χ0v) is 10.3. The monoisotopic (exact) mass is 271 g/mol. The van der Waals surface area contributed by atoms with Gasteiger partial charge in [-0.05, 0) is 25.5 Å². The van der Waals surface area contributed by atoms with E-state index in [-0.39, 0.29) is 18.5 Å². The minimum atomic E-state index is -4.25. The molecule has 0 spiro atoms. The van der Waals surface area contributed by atoms with Crippen LogP contribution in [-0.4, -0.2) is 24.4 Å². The normalized spacial score (nSPS) is 15.1. The van der Waals surface area contributed by atoms with E-state index in [1.54, 1.807) is 25.1 Å². The van der Waals surface area contributed by atoms with Crippen LogP contribution >= 0.6 is 0 Å². The molecule has 1 aliphatic heterocycles. The quantitative estimate of drug-likeness (QED) is 0.793. The van der Waals surface area contributed by atoms with Crippen molar-refractivity contribution < 1.29 is 22.8 Å². The first-order valence-electron chi connectivity index (χ1n) is 5.83. The molecular weight excluding hydrogens is 259 g/mol. The molecule has 6 heteroatoms. The highest BCUT2D eigenvalue weighted by atomic mass is 19.4. The second kappa shape index (κ2) is 4.68. The van der Waals surface area contributed by atoms with Gasteiger partial charge in [-0.1, -0.05) is 11.6 Å². The summed E-state index contributed by atoms with van der Waals surface area (Å²) in [4.78, 5) is 24.6. The first kappa shape index (κ1) is 13.6. The number of hydrogen-bond acceptors (Lipinski definition) is 2. The van der Waals surface area contributed by atoms with E-state index in [4.69, 9.17) is 0 Å². The van der Waals surface area contributed by atoms with Crippen LogP contribution in [0, 0.1) is 6.92 Å². The fraction of sp³-hybridized carbons (Fsp3) is 0.385. The van der Waals surface area contributed by atoms with Crippen molar-refractivity contribution >= 4 is 17.4 Å². The van der Waals surface area contributed by atoms with Crippen molar-refractivity contribution in [1.82, 2.24) is 0 Å². The SMILES string of the molecule is Cc1ccc2c(c1)C(=O)C(=O)N2CCCC(F)(F)F. The van der Waals surface area contributed by atoms with E-state index >= 15 is 0 Å². The summed E-state index contributed by atoms with van der Waals surface area (Å²) in [5.74, 6) is -1.39. The lowest BCUT2D eigenvalue weighted by molar-refractivity contribution is -0.135. The van der Waals surface area contributed by atoms with Crippen LogP contribution in [0.3, 0.4) is 0 Å². The van der Waals surface area contributed by atoms with Crippen LogP contribution in [0.1, 0.15) is 28.8 Å². The Bertz CT molecular complexity index is 537. The second-order valence-electron chi connectivity index (χ2n) is 4.53. The van der Waals surface area contributed by atoms with Gasteiger partial charge in [-0.25, -0.2) is 0 Å². The molecule has 0 fully saturated rings. The minimum absolute atomic E-state index is 0.0971. The molecule has 1 aromatic rings. The molecule has 1 amide bonds. The number of carbonyl (C=O) groups excluding carboxylic acids is 2. The number of alkyl halides is 3. The van der Waals surface area contributed by atoms with E-state index in [0.29, 0.717) is 5.69 Å². The number of anilines is 1. The zero-order chi connectivity index (χ0) is 14.2. The molecule has 19 heavy (non-hydrogen) atoms. The maximum absolute atomic E-state index is 12.1. The Morgan fingerprint density at radius 3 is 2.53 bits per heavy atom. The molecule has 2 rings (SSSR count). The van der Waals surface area contributed by atoms with Gasteiger partial charge in [0.25, 0.3) is 11.7 Å². The number of fused-ring (bicyclic) bond motifs is 1. The number of amides is 1. The van der Waals surface area contributed by atoms with Crippen LogP contribution in [-0.2, 0) is 4.79 Å². The summed E-state index contributed by atoms with van der Waals surface area (Å²) in [7, 11) is 0. The number of benzene rings is 1. The average molecular weight is 271 g/mol. The molecular formula is C13H12F3NO2. The smallest absolute Gasteiger partial charge is 0.305 e. The lowest BCUT2D eigenvalue weighted by atomic mass is 10.1. The van der Waals surface area contributed by atoms with Crippen LogP contribution in [0.5, 0.6) is 0 Å². The third-order valence-electron chi connectivity index (χ3n) is 2.97. The van der Waals surface area contributed by atoms with Crippen molar-refractivity contribution in [2.75, 3.05) is 11.4 Å². The van der Waals surface area contributed by atoms with Crippen molar-refractivity contribution in [3.05, 3.63) is 29.3 Å². The van der Waals surface area contributed by atoms with Crippen molar-refractivity contribution in [3.8, 4) is 0 Å². The van der Waals surface area contributed by atoms with Crippen LogP contribution in [0.2, 0.25) is 0 Å². The maximum atomic E-state index is 12.1. The van der Waals surface area contributed by atoms with Crippen molar-refractivity contribution in [1.29, 1.82) is 0 Å². The zero-order valence-electron chi connectivity index (χ0n) is 10.3. The van der Waals surface area contributed by atoms with E-state index in [1.807, 2.05) is 0 Å². The summed E-state index contributed by atoms with van der Waals surface area (Å²) < 4.78 is 36.2. The number of aryl methyl sites for hydroxylation is 1. The van der Waals surface area contributed by atoms with Gasteiger partial charge in [-0.2, -0.15) is 13.2 Å². The minimum Gasteiger partial charge on any atom is -0.305 e. The topological polar surface area (TPSA) is 37.4 Å². The highest BCUT2D eigenvalue weighted by molar-refractivity contribution is 6.52. The molecule has 3 nitrogen and oxygen atoms in total. The Labute approximate surface area is 108 Å². The molecule has 1 heterocycles. The average Bonchev–Trinajstić information content (AvgIpc) is 2.53. The summed E-state index contributed by atoms with van der Waals surface area (Å²) in [5.41, 5.74) is 1.51. The van der Waals surface area contributed by atoms with E-state index in [1.165, 1.54) is 0 Å². The summed E-state index contributed by atoms with van der Waals surface area (Å²) >= 11 is 0. The van der Waals surface area contributed by atoms with Gasteiger partial charge in [0, 0.05) is 13.0 Å². The van der Waals surface area contributed by atoms with Crippen molar-refractivity contribution in [2.45, 2.75) is 25.9 Å². The predicted octanol–water partition coefficient (Wildman–Crippen LogP) is 2.87. The van der Waals surface area contributed by atoms with Gasteiger partial charge in [0.15, 0.2) is 0 Å². The molecule has 0 saturated heterocycles. The number of carbonyl (C=O) groups is 2. The van der Waals surface area contributed by atoms with Crippen molar-refractivity contribution in [3.63, 3.8) is 0 Å². The number of halogens is 3. The van der Waals surface area contributed by atoms with Gasteiger partial charge < -0.3 is 4.90 Å². The molecule has 0 aromatic heterocycles. The van der Waals surface area contributed by atoms with E-state index in [0.717, 1.165) is 10.5 Å². The second-order valence-corrected chi connectivity index (χ2v) is 4.53. The largest absolute Gasteiger partial charge is 0.389 e. The van der Waals surface area contributed by atoms with Gasteiger partial charge >= 0.3 is 6.18 Å². The van der Waals surface area contributed by atoms with Gasteiger partial charge in [-0.15, -0.1) is 0 Å². The number of nitrogens with zero attached hydrogens (tertiary/aromatic N) is 1. The summed E-state index contributed by atoms with van der Waals surface area (Å²) in [6.45, 7) is 1.69. The Hall–Kier alpha value is -1.85. The Morgan fingerprint density at radius 2 is 1.89 bits per heavy atom. The van der Waals surface area contributed by atoms with Gasteiger partial charge in [0.1, 0.15) is 0 Å². The maximum Gasteiger partial charge on any atom is 0.389 e. The van der Waals surface area contributed by atoms with E-state index in [9.17, 15) is 22.8 Å². The molecule has 0 atom stereocenters. The van der Waals surface area contributed by atoms with Crippen LogP contribution in [0.4, 0.5) is 18.9 Å². The first-order chi connectivity index (χ1) is 8.79. The van der Waals surface area contributed by atoms with E-state index < -0.39 is 24.3 Å². The first-order valence-corrected chi connectivity index (χ1v) is 5.83. The molecule has 1 aromatic carbocycles.